The minimum absolute atomic E-state index is 0.318. The molecule has 0 aliphatic carbocycles. The number of amides is 1. The average Bonchev–Trinajstić information content (AvgIpc) is 3.04. The van der Waals surface area contributed by atoms with Gasteiger partial charge in [0.05, 0.1) is 5.70 Å². The molecule has 2 aromatic heterocycles. The molecule has 4 heterocycles. The van der Waals surface area contributed by atoms with E-state index < -0.39 is 5.60 Å². The van der Waals surface area contributed by atoms with Crippen LogP contribution in [0.4, 0.5) is 4.79 Å². The smallest absolute Gasteiger partial charge is 0.414 e. The Bertz CT molecular complexity index is 1870. The molecule has 0 unspecified atom stereocenters. The second-order valence-electron chi connectivity index (χ2n) is 14.9. The fourth-order valence-corrected chi connectivity index (χ4v) is 6.17. The largest absolute Gasteiger partial charge is 0.457 e. The van der Waals surface area contributed by atoms with Gasteiger partial charge in [0.1, 0.15) is 28.6 Å². The summed E-state index contributed by atoms with van der Waals surface area (Å²) in [6, 6.07) is 23.8. The Morgan fingerprint density at radius 3 is 1.76 bits per heavy atom. The van der Waals surface area contributed by atoms with Crippen molar-refractivity contribution in [3.63, 3.8) is 0 Å². The van der Waals surface area contributed by atoms with E-state index >= 15 is 0 Å². The van der Waals surface area contributed by atoms with Gasteiger partial charge < -0.3 is 14.2 Å². The molecule has 268 valence electrons. The maximum atomic E-state index is 12.8. The number of rotatable bonds is 6. The third-order valence-electron chi connectivity index (χ3n) is 8.46. The first kappa shape index (κ1) is 37.3. The molecule has 2 aliphatic heterocycles. The number of carbonyl (C=O) groups is 1. The lowest BCUT2D eigenvalue weighted by Gasteiger charge is -2.34. The van der Waals surface area contributed by atoms with E-state index in [4.69, 9.17) is 19.2 Å². The molecule has 2 atom stereocenters. The summed E-state index contributed by atoms with van der Waals surface area (Å²) in [6.45, 7) is 19.5. The predicted molar refractivity (Wildman–Crippen MR) is 205 cm³/mol. The molecule has 0 bridgehead atoms. The Labute approximate surface area is 303 Å². The van der Waals surface area contributed by atoms with Crippen molar-refractivity contribution in [1.29, 1.82) is 0 Å². The molecule has 0 saturated carbocycles. The zero-order chi connectivity index (χ0) is 36.7. The minimum atomic E-state index is -0.537. The van der Waals surface area contributed by atoms with Crippen LogP contribution in [-0.2, 0) is 4.74 Å². The van der Waals surface area contributed by atoms with Crippen LogP contribution in [0.25, 0.3) is 5.70 Å². The second kappa shape index (κ2) is 16.4. The fourth-order valence-electron chi connectivity index (χ4n) is 6.17. The lowest BCUT2D eigenvalue weighted by Crippen LogP contribution is -2.39. The number of aromatic nitrogens is 2. The highest BCUT2D eigenvalue weighted by molar-refractivity contribution is 6.01. The van der Waals surface area contributed by atoms with E-state index in [1.54, 1.807) is 4.90 Å². The molecule has 0 saturated heterocycles. The summed E-state index contributed by atoms with van der Waals surface area (Å²) in [5, 5.41) is 0. The van der Waals surface area contributed by atoms with Gasteiger partial charge in [-0.15, -0.1) is 0 Å². The summed E-state index contributed by atoms with van der Waals surface area (Å²) in [7, 11) is 0. The molecule has 2 aliphatic rings. The van der Waals surface area contributed by atoms with Crippen molar-refractivity contribution in [3.8, 4) is 23.0 Å². The summed E-state index contributed by atoms with van der Waals surface area (Å²) in [5.41, 5.74) is 7.40. The van der Waals surface area contributed by atoms with Crippen molar-refractivity contribution in [2.75, 3.05) is 13.1 Å². The molecular weight excluding hydrogens is 636 g/mol. The standard InChI is InChI=1S/C24H30N2O3.C19H22N2O/c1-16-10-11-22(26(15-16)23(27)29-24(4,5)6)19-8-7-9-20(14-19)28-21-12-17(2)25-18(3)13-21;1-13-7-8-19(20-12-13)16-5-4-6-17(11-16)22-18-9-14(2)21-15(3)10-18/h7-9,11-14,16H,10,15H2,1-6H3;4-6,9-11,13H,7-8,12H2,1-3H3/t16-;13-/m00/s1. The molecule has 51 heavy (non-hydrogen) atoms. The van der Waals surface area contributed by atoms with E-state index in [9.17, 15) is 4.79 Å². The van der Waals surface area contributed by atoms with E-state index in [0.29, 0.717) is 18.4 Å². The maximum absolute atomic E-state index is 12.8. The first-order valence-corrected chi connectivity index (χ1v) is 17.9. The quantitative estimate of drug-likeness (QED) is 0.200. The number of ether oxygens (including phenoxy) is 3. The van der Waals surface area contributed by atoms with Gasteiger partial charge in [-0.05, 0) is 109 Å². The van der Waals surface area contributed by atoms with E-state index in [1.807, 2.05) is 109 Å². The summed E-state index contributed by atoms with van der Waals surface area (Å²) >= 11 is 0. The van der Waals surface area contributed by atoms with Crippen LogP contribution in [0.1, 0.15) is 87.8 Å². The number of benzene rings is 2. The first-order chi connectivity index (χ1) is 24.2. The number of aliphatic imine (C=N–C) groups is 1. The van der Waals surface area contributed by atoms with Gasteiger partial charge in [-0.2, -0.15) is 0 Å². The van der Waals surface area contributed by atoms with Gasteiger partial charge in [0.25, 0.3) is 0 Å². The van der Waals surface area contributed by atoms with Gasteiger partial charge >= 0.3 is 6.09 Å². The number of carbonyl (C=O) groups excluding carboxylic acids is 1. The van der Waals surface area contributed by atoms with E-state index in [1.165, 1.54) is 17.7 Å². The van der Waals surface area contributed by atoms with Crippen LogP contribution < -0.4 is 9.47 Å². The van der Waals surface area contributed by atoms with Crippen molar-refractivity contribution >= 4 is 17.5 Å². The van der Waals surface area contributed by atoms with Crippen molar-refractivity contribution < 1.29 is 19.0 Å². The lowest BCUT2D eigenvalue weighted by molar-refractivity contribution is 0.0327. The number of pyridine rings is 2. The lowest BCUT2D eigenvalue weighted by atomic mass is 9.96. The minimum Gasteiger partial charge on any atom is -0.457 e. The van der Waals surface area contributed by atoms with Crippen LogP contribution in [-0.4, -0.2) is 45.4 Å². The van der Waals surface area contributed by atoms with Crippen LogP contribution in [0, 0.1) is 39.5 Å². The predicted octanol–water partition coefficient (Wildman–Crippen LogP) is 10.8. The van der Waals surface area contributed by atoms with E-state index in [0.717, 1.165) is 76.4 Å². The highest BCUT2D eigenvalue weighted by atomic mass is 16.6. The maximum Gasteiger partial charge on any atom is 0.414 e. The topological polar surface area (TPSA) is 86.1 Å². The van der Waals surface area contributed by atoms with Gasteiger partial charge in [-0.1, -0.05) is 44.2 Å². The number of nitrogens with zero attached hydrogens (tertiary/aromatic N) is 4. The van der Waals surface area contributed by atoms with Crippen molar-refractivity contribution in [1.82, 2.24) is 14.9 Å². The molecule has 1 amide bonds. The molecule has 0 radical (unpaired) electrons. The summed E-state index contributed by atoms with van der Waals surface area (Å²) in [6.07, 6.45) is 4.98. The Morgan fingerprint density at radius 1 is 0.725 bits per heavy atom. The molecule has 8 nitrogen and oxygen atoms in total. The Balaban J connectivity index is 0.000000205. The fraction of sp³-hybridized carbons (Fsp3) is 0.395. The molecule has 6 rings (SSSR count). The normalized spacial score (nSPS) is 17.4. The van der Waals surface area contributed by atoms with Crippen molar-refractivity contribution in [2.24, 2.45) is 16.8 Å². The monoisotopic (exact) mass is 688 g/mol. The van der Waals surface area contributed by atoms with E-state index in [2.05, 4.69) is 42.0 Å². The second-order valence-corrected chi connectivity index (χ2v) is 14.9. The summed E-state index contributed by atoms with van der Waals surface area (Å²) < 4.78 is 17.7. The molecule has 8 heteroatoms. The van der Waals surface area contributed by atoms with Crippen LogP contribution in [0.5, 0.6) is 23.0 Å². The molecule has 0 spiro atoms. The van der Waals surface area contributed by atoms with Crippen LogP contribution in [0.3, 0.4) is 0 Å². The van der Waals surface area contributed by atoms with Gasteiger partial charge in [-0.3, -0.25) is 19.9 Å². The Kier molecular flexibility index (Phi) is 12.0. The van der Waals surface area contributed by atoms with Crippen LogP contribution in [0.15, 0.2) is 83.9 Å². The molecule has 0 N–H and O–H groups in total. The zero-order valence-corrected chi connectivity index (χ0v) is 31.6. The highest BCUT2D eigenvalue weighted by Gasteiger charge is 2.29. The first-order valence-electron chi connectivity index (χ1n) is 17.9. The average molecular weight is 689 g/mol. The number of hydrogen-bond acceptors (Lipinski definition) is 7. The Hall–Kier alpha value is -4.98. The molecular formula is C43H52N4O4. The van der Waals surface area contributed by atoms with Crippen molar-refractivity contribution in [3.05, 3.63) is 113 Å². The third-order valence-corrected chi connectivity index (χ3v) is 8.46. The number of allylic oxidation sites excluding steroid dienone is 1. The van der Waals surface area contributed by atoms with E-state index in [-0.39, 0.29) is 6.09 Å². The number of aryl methyl sites for hydroxylation is 4. The van der Waals surface area contributed by atoms with Gasteiger partial charge in [0, 0.05) is 71.4 Å². The van der Waals surface area contributed by atoms with Gasteiger partial charge in [0.15, 0.2) is 0 Å². The molecule has 0 fully saturated rings. The highest BCUT2D eigenvalue weighted by Crippen LogP contribution is 2.32. The van der Waals surface area contributed by atoms with Gasteiger partial charge in [-0.25, -0.2) is 4.79 Å². The zero-order valence-electron chi connectivity index (χ0n) is 31.6. The molecule has 4 aromatic rings. The van der Waals surface area contributed by atoms with Crippen LogP contribution >= 0.6 is 0 Å². The van der Waals surface area contributed by atoms with Gasteiger partial charge in [0.2, 0.25) is 0 Å². The SMILES string of the molecule is Cc1cc(Oc2cccc(C3=CC[C@H](C)CN3C(=O)OC(C)(C)C)c2)cc(C)n1.Cc1cc(Oc2cccc(C3=NC[C@@H](C)CC3)c2)cc(C)n1. The van der Waals surface area contributed by atoms with Crippen molar-refractivity contribution in [2.45, 2.75) is 87.2 Å². The van der Waals surface area contributed by atoms with Crippen LogP contribution in [0.2, 0.25) is 0 Å². The number of hydrogen-bond donors (Lipinski definition) is 0. The summed E-state index contributed by atoms with van der Waals surface area (Å²) in [4.78, 5) is 28.0. The summed E-state index contributed by atoms with van der Waals surface area (Å²) in [5.74, 6) is 4.24. The molecule has 2 aromatic carbocycles. The third kappa shape index (κ3) is 11.0. The Morgan fingerprint density at radius 2 is 1.25 bits per heavy atom.